The lowest BCUT2D eigenvalue weighted by molar-refractivity contribution is 0.599. The first-order valence-electron chi connectivity index (χ1n) is 4.98. The Morgan fingerprint density at radius 2 is 2.17 bits per heavy atom. The van der Waals surface area contributed by atoms with Crippen molar-refractivity contribution in [3.05, 3.63) is 35.8 Å². The molecule has 1 aromatic carbocycles. The predicted octanol–water partition coefficient (Wildman–Crippen LogP) is 1.24. The molecule has 1 aromatic heterocycles. The van der Waals surface area contributed by atoms with Crippen molar-refractivity contribution in [1.82, 2.24) is 10.2 Å². The molecule has 0 fully saturated rings. The van der Waals surface area contributed by atoms with E-state index in [1.807, 2.05) is 0 Å². The highest BCUT2D eigenvalue weighted by atomic mass is 32.2. The highest BCUT2D eigenvalue weighted by Gasteiger charge is 2.19. The Morgan fingerprint density at radius 3 is 2.78 bits per heavy atom. The van der Waals surface area contributed by atoms with Crippen LogP contribution in [0.15, 0.2) is 29.3 Å². The van der Waals surface area contributed by atoms with Gasteiger partial charge in [0.15, 0.2) is 0 Å². The summed E-state index contributed by atoms with van der Waals surface area (Å²) in [6, 6.07) is 3.62. The van der Waals surface area contributed by atoms with Crippen molar-refractivity contribution < 1.29 is 12.8 Å². The SMILES string of the molecule is Cc1cc(F)c(N)cc1S(=O)(=O)Nc1ccn[nH]1. The van der Waals surface area contributed by atoms with Gasteiger partial charge in [0.05, 0.1) is 16.8 Å². The fourth-order valence-corrected chi connectivity index (χ4v) is 2.75. The Labute approximate surface area is 103 Å². The molecule has 2 aromatic rings. The van der Waals surface area contributed by atoms with Crippen LogP contribution in [0, 0.1) is 12.7 Å². The van der Waals surface area contributed by atoms with Gasteiger partial charge in [-0.1, -0.05) is 0 Å². The number of benzene rings is 1. The molecule has 0 radical (unpaired) electrons. The molecule has 0 unspecified atom stereocenters. The molecule has 0 aliphatic rings. The number of anilines is 2. The highest BCUT2D eigenvalue weighted by Crippen LogP contribution is 2.23. The minimum absolute atomic E-state index is 0.0731. The highest BCUT2D eigenvalue weighted by molar-refractivity contribution is 7.92. The number of aromatic nitrogens is 2. The maximum absolute atomic E-state index is 13.2. The van der Waals surface area contributed by atoms with E-state index in [1.54, 1.807) is 0 Å². The number of nitrogens with zero attached hydrogens (tertiary/aromatic N) is 1. The third-order valence-corrected chi connectivity index (χ3v) is 3.84. The number of rotatable bonds is 3. The van der Waals surface area contributed by atoms with Crippen LogP contribution in [0.1, 0.15) is 5.56 Å². The summed E-state index contributed by atoms with van der Waals surface area (Å²) < 4.78 is 39.5. The van der Waals surface area contributed by atoms with Crippen molar-refractivity contribution in [2.75, 3.05) is 10.5 Å². The molecular formula is C10H11FN4O2S. The first-order valence-corrected chi connectivity index (χ1v) is 6.46. The Balaban J connectivity index is 2.44. The molecule has 0 spiro atoms. The molecule has 8 heteroatoms. The van der Waals surface area contributed by atoms with Crippen LogP contribution in [0.4, 0.5) is 15.9 Å². The number of halogens is 1. The van der Waals surface area contributed by atoms with Crippen molar-refractivity contribution in [3.63, 3.8) is 0 Å². The zero-order valence-electron chi connectivity index (χ0n) is 9.44. The number of aryl methyl sites for hydroxylation is 1. The van der Waals surface area contributed by atoms with E-state index >= 15 is 0 Å². The van der Waals surface area contributed by atoms with E-state index in [-0.39, 0.29) is 22.0 Å². The van der Waals surface area contributed by atoms with E-state index in [2.05, 4.69) is 14.9 Å². The van der Waals surface area contributed by atoms with Crippen LogP contribution in [-0.4, -0.2) is 18.6 Å². The maximum atomic E-state index is 13.2. The van der Waals surface area contributed by atoms with Gasteiger partial charge in [-0.15, -0.1) is 0 Å². The summed E-state index contributed by atoms with van der Waals surface area (Å²) in [6.07, 6.45) is 1.41. The second-order valence-corrected chi connectivity index (χ2v) is 5.37. The Bertz CT molecular complexity index is 667. The molecule has 0 aliphatic carbocycles. The standard InChI is InChI=1S/C10H11FN4O2S/c1-6-4-7(11)8(12)5-9(6)18(16,17)15-10-2-3-13-14-10/h2-5H,12H2,1H3,(H2,13,14,15). The first kappa shape index (κ1) is 12.4. The second-order valence-electron chi connectivity index (χ2n) is 3.72. The third-order valence-electron chi connectivity index (χ3n) is 2.33. The summed E-state index contributed by atoms with van der Waals surface area (Å²) in [5.41, 5.74) is 5.43. The molecule has 0 bridgehead atoms. The van der Waals surface area contributed by atoms with Gasteiger partial charge in [0.1, 0.15) is 11.6 Å². The second kappa shape index (κ2) is 4.30. The number of sulfonamides is 1. The number of nitrogens with one attached hydrogen (secondary N) is 2. The van der Waals surface area contributed by atoms with Crippen molar-refractivity contribution >= 4 is 21.5 Å². The van der Waals surface area contributed by atoms with Gasteiger partial charge < -0.3 is 5.73 Å². The lowest BCUT2D eigenvalue weighted by Gasteiger charge is -2.10. The summed E-state index contributed by atoms with van der Waals surface area (Å²) in [7, 11) is -3.82. The van der Waals surface area contributed by atoms with Gasteiger partial charge in [-0.2, -0.15) is 5.10 Å². The molecule has 0 atom stereocenters. The van der Waals surface area contributed by atoms with Crippen LogP contribution in [0.25, 0.3) is 0 Å². The van der Waals surface area contributed by atoms with Gasteiger partial charge in [-0.05, 0) is 24.6 Å². The quantitative estimate of drug-likeness (QED) is 0.730. The zero-order valence-corrected chi connectivity index (χ0v) is 10.3. The molecule has 4 N–H and O–H groups in total. The van der Waals surface area contributed by atoms with Crippen LogP contribution >= 0.6 is 0 Å². The van der Waals surface area contributed by atoms with Crippen LogP contribution in [0.5, 0.6) is 0 Å². The third kappa shape index (κ3) is 2.28. The van der Waals surface area contributed by atoms with E-state index in [0.717, 1.165) is 12.1 Å². The summed E-state index contributed by atoms with van der Waals surface area (Å²) in [5, 5.41) is 6.08. The molecule has 0 aliphatic heterocycles. The molecule has 0 saturated heterocycles. The monoisotopic (exact) mass is 270 g/mol. The topological polar surface area (TPSA) is 101 Å². The molecule has 2 rings (SSSR count). The summed E-state index contributed by atoms with van der Waals surface area (Å²) in [6.45, 7) is 1.49. The van der Waals surface area contributed by atoms with E-state index in [0.29, 0.717) is 0 Å². The molecule has 0 saturated carbocycles. The van der Waals surface area contributed by atoms with Gasteiger partial charge in [-0.25, -0.2) is 12.8 Å². The molecule has 18 heavy (non-hydrogen) atoms. The Kier molecular flexibility index (Phi) is 2.95. The first-order chi connectivity index (χ1) is 8.40. The number of aromatic amines is 1. The maximum Gasteiger partial charge on any atom is 0.263 e. The summed E-state index contributed by atoms with van der Waals surface area (Å²) in [4.78, 5) is -0.0731. The van der Waals surface area contributed by atoms with Crippen molar-refractivity contribution in [2.24, 2.45) is 0 Å². The normalized spacial score (nSPS) is 11.4. The van der Waals surface area contributed by atoms with Crippen molar-refractivity contribution in [3.8, 4) is 0 Å². The fourth-order valence-electron chi connectivity index (χ4n) is 1.47. The lowest BCUT2D eigenvalue weighted by Crippen LogP contribution is -2.15. The smallest absolute Gasteiger partial charge is 0.263 e. The molecular weight excluding hydrogens is 259 g/mol. The van der Waals surface area contributed by atoms with Gasteiger partial charge in [0, 0.05) is 6.07 Å². The van der Waals surface area contributed by atoms with Crippen LogP contribution in [-0.2, 0) is 10.0 Å². The van der Waals surface area contributed by atoms with Crippen molar-refractivity contribution in [1.29, 1.82) is 0 Å². The Morgan fingerprint density at radius 1 is 1.44 bits per heavy atom. The average molecular weight is 270 g/mol. The van der Waals surface area contributed by atoms with Gasteiger partial charge in [-0.3, -0.25) is 9.82 Å². The minimum Gasteiger partial charge on any atom is -0.396 e. The zero-order chi connectivity index (χ0) is 13.3. The van der Waals surface area contributed by atoms with Crippen LogP contribution in [0.3, 0.4) is 0 Å². The minimum atomic E-state index is -3.82. The number of nitrogens with two attached hydrogens (primary N) is 1. The molecule has 0 amide bonds. The number of nitrogen functional groups attached to an aromatic ring is 1. The average Bonchev–Trinajstić information content (AvgIpc) is 2.75. The Hall–Kier alpha value is -2.09. The van der Waals surface area contributed by atoms with E-state index in [4.69, 9.17) is 5.73 Å². The fraction of sp³-hybridized carbons (Fsp3) is 0.100. The molecule has 6 nitrogen and oxygen atoms in total. The number of hydrogen-bond donors (Lipinski definition) is 3. The van der Waals surface area contributed by atoms with E-state index < -0.39 is 15.8 Å². The van der Waals surface area contributed by atoms with E-state index in [9.17, 15) is 12.8 Å². The van der Waals surface area contributed by atoms with Gasteiger partial charge >= 0.3 is 0 Å². The number of H-pyrrole nitrogens is 1. The van der Waals surface area contributed by atoms with E-state index in [1.165, 1.54) is 19.2 Å². The van der Waals surface area contributed by atoms with Crippen molar-refractivity contribution in [2.45, 2.75) is 11.8 Å². The van der Waals surface area contributed by atoms with Crippen LogP contribution in [0.2, 0.25) is 0 Å². The number of hydrogen-bond acceptors (Lipinski definition) is 4. The van der Waals surface area contributed by atoms with Gasteiger partial charge in [0.2, 0.25) is 0 Å². The molecule has 1 heterocycles. The lowest BCUT2D eigenvalue weighted by atomic mass is 10.2. The summed E-state index contributed by atoms with van der Waals surface area (Å²) >= 11 is 0. The molecule has 96 valence electrons. The largest absolute Gasteiger partial charge is 0.396 e. The predicted molar refractivity (Wildman–Crippen MR) is 64.9 cm³/mol. The summed E-state index contributed by atoms with van der Waals surface area (Å²) in [5.74, 6) is -0.426. The van der Waals surface area contributed by atoms with Gasteiger partial charge in [0.25, 0.3) is 10.0 Å². The van der Waals surface area contributed by atoms with Crippen LogP contribution < -0.4 is 10.5 Å².